The Kier molecular flexibility index (Phi) is 8.64. The molecular weight excluding hydrogens is 602 g/mol. The van der Waals surface area contributed by atoms with Crippen LogP contribution in [0.2, 0.25) is 15.1 Å². The van der Waals surface area contributed by atoms with Gasteiger partial charge in [0.25, 0.3) is 5.91 Å². The summed E-state index contributed by atoms with van der Waals surface area (Å²) < 4.78 is 7.17. The lowest BCUT2D eigenvalue weighted by Crippen LogP contribution is -2.13. The van der Waals surface area contributed by atoms with E-state index in [9.17, 15) is 10.1 Å². The van der Waals surface area contributed by atoms with Gasteiger partial charge in [0, 0.05) is 26.3 Å². The average Bonchev–Trinajstić information content (AvgIpc) is 2.74. The van der Waals surface area contributed by atoms with Crippen LogP contribution in [-0.4, -0.2) is 5.91 Å². The zero-order chi connectivity index (χ0) is 23.3. The van der Waals surface area contributed by atoms with E-state index in [2.05, 4.69) is 37.2 Å². The molecule has 0 saturated carbocycles. The van der Waals surface area contributed by atoms with Crippen molar-refractivity contribution in [2.75, 3.05) is 5.32 Å². The number of nitriles is 1. The lowest BCUT2D eigenvalue weighted by atomic mass is 10.1. The summed E-state index contributed by atoms with van der Waals surface area (Å²) in [7, 11) is 0. The molecule has 0 aliphatic carbocycles. The molecule has 4 nitrogen and oxygen atoms in total. The molecule has 0 aliphatic rings. The summed E-state index contributed by atoms with van der Waals surface area (Å²) in [6.45, 7) is 0.231. The summed E-state index contributed by atoms with van der Waals surface area (Å²) >= 11 is 24.9. The zero-order valence-electron chi connectivity index (χ0n) is 16.1. The molecule has 0 fully saturated rings. The van der Waals surface area contributed by atoms with Crippen LogP contribution < -0.4 is 10.1 Å². The van der Waals surface area contributed by atoms with Crippen molar-refractivity contribution in [1.29, 1.82) is 5.26 Å². The summed E-state index contributed by atoms with van der Waals surface area (Å²) in [5, 5.41) is 13.7. The van der Waals surface area contributed by atoms with Crippen LogP contribution in [0.15, 0.2) is 69.1 Å². The van der Waals surface area contributed by atoms with Crippen molar-refractivity contribution in [3.8, 4) is 11.8 Å². The van der Waals surface area contributed by atoms with Crippen LogP contribution in [0.1, 0.15) is 11.1 Å². The molecule has 32 heavy (non-hydrogen) atoms. The van der Waals surface area contributed by atoms with Gasteiger partial charge in [-0.25, -0.2) is 0 Å². The van der Waals surface area contributed by atoms with Crippen molar-refractivity contribution in [3.63, 3.8) is 0 Å². The molecule has 0 atom stereocenters. The molecule has 0 spiro atoms. The highest BCUT2D eigenvalue weighted by Crippen LogP contribution is 2.36. The molecule has 1 amide bonds. The molecular formula is C23H13Br2Cl3N2O2. The first-order valence-electron chi connectivity index (χ1n) is 9.01. The number of carbonyl (C=O) groups excluding carboxylic acids is 1. The zero-order valence-corrected chi connectivity index (χ0v) is 21.6. The average molecular weight is 616 g/mol. The van der Waals surface area contributed by atoms with Gasteiger partial charge in [0.15, 0.2) is 0 Å². The van der Waals surface area contributed by atoms with Crippen molar-refractivity contribution >= 4 is 84.3 Å². The molecule has 0 aromatic heterocycles. The molecule has 0 radical (unpaired) electrons. The van der Waals surface area contributed by atoms with Gasteiger partial charge in [-0.2, -0.15) is 5.26 Å². The van der Waals surface area contributed by atoms with Crippen LogP contribution in [0, 0.1) is 11.3 Å². The number of hydrogen-bond donors (Lipinski definition) is 1. The quantitative estimate of drug-likeness (QED) is 0.224. The van der Waals surface area contributed by atoms with Crippen LogP contribution >= 0.6 is 66.7 Å². The van der Waals surface area contributed by atoms with Gasteiger partial charge in [-0.1, -0.05) is 40.9 Å². The predicted molar refractivity (Wildman–Crippen MR) is 136 cm³/mol. The molecule has 3 aromatic carbocycles. The highest BCUT2D eigenvalue weighted by atomic mass is 79.9. The maximum atomic E-state index is 12.5. The normalized spacial score (nSPS) is 11.1. The highest BCUT2D eigenvalue weighted by Gasteiger charge is 2.13. The van der Waals surface area contributed by atoms with Crippen molar-refractivity contribution < 1.29 is 9.53 Å². The summed E-state index contributed by atoms with van der Waals surface area (Å²) in [6, 6.07) is 17.2. The van der Waals surface area contributed by atoms with Crippen LogP contribution in [0.25, 0.3) is 6.08 Å². The van der Waals surface area contributed by atoms with Crippen LogP contribution in [0.3, 0.4) is 0 Å². The number of ether oxygens (including phenoxy) is 1. The van der Waals surface area contributed by atoms with Gasteiger partial charge in [-0.05, 0) is 92.0 Å². The molecule has 3 aromatic rings. The van der Waals surface area contributed by atoms with Crippen LogP contribution in [0.5, 0.6) is 5.75 Å². The Balaban J connectivity index is 1.77. The molecule has 1 N–H and O–H groups in total. The fourth-order valence-electron chi connectivity index (χ4n) is 2.64. The summed E-state index contributed by atoms with van der Waals surface area (Å²) in [4.78, 5) is 12.5. The Bertz CT molecular complexity index is 1220. The Labute approximate surface area is 217 Å². The molecule has 0 aliphatic heterocycles. The molecule has 3 rings (SSSR count). The second kappa shape index (κ2) is 11.2. The van der Waals surface area contributed by atoms with Crippen LogP contribution in [0.4, 0.5) is 5.69 Å². The number of halogens is 5. The lowest BCUT2D eigenvalue weighted by Gasteiger charge is -2.12. The SMILES string of the molecule is N#C/C(=C/c1cc(Br)c(OCc2ccc(Cl)cc2Cl)c(Br)c1)C(=O)Nc1ccc(Cl)cc1. The van der Waals surface area contributed by atoms with Gasteiger partial charge < -0.3 is 10.1 Å². The minimum absolute atomic E-state index is 0.0552. The maximum absolute atomic E-state index is 12.5. The summed E-state index contributed by atoms with van der Waals surface area (Å²) in [5.41, 5.74) is 1.89. The van der Waals surface area contributed by atoms with E-state index in [4.69, 9.17) is 39.5 Å². The standard InChI is InChI=1S/C23H13Br2Cl3N2O2/c24-19-8-13(7-15(11-29)23(31)30-18-5-3-16(26)4-6-18)9-20(25)22(19)32-12-14-1-2-17(27)10-21(14)28/h1-10H,12H2,(H,30,31)/b15-7-. The maximum Gasteiger partial charge on any atom is 0.266 e. The third-order valence-corrected chi connectivity index (χ3v) is 6.20. The largest absolute Gasteiger partial charge is 0.486 e. The van der Waals surface area contributed by atoms with Crippen molar-refractivity contribution in [2.45, 2.75) is 6.61 Å². The Morgan fingerprint density at radius 1 is 1.00 bits per heavy atom. The summed E-state index contributed by atoms with van der Waals surface area (Å²) in [6.07, 6.45) is 1.49. The summed E-state index contributed by atoms with van der Waals surface area (Å²) in [5.74, 6) is 0.0251. The second-order valence-electron chi connectivity index (χ2n) is 6.47. The number of rotatable bonds is 6. The smallest absolute Gasteiger partial charge is 0.266 e. The number of amides is 1. The molecule has 9 heteroatoms. The van der Waals surface area contributed by atoms with Gasteiger partial charge in [0.1, 0.15) is 24.0 Å². The molecule has 0 saturated heterocycles. The van der Waals surface area contributed by atoms with Crippen molar-refractivity contribution in [1.82, 2.24) is 0 Å². The van der Waals surface area contributed by atoms with E-state index in [-0.39, 0.29) is 12.2 Å². The minimum Gasteiger partial charge on any atom is -0.486 e. The fraction of sp³-hybridized carbons (Fsp3) is 0.0435. The van der Waals surface area contributed by atoms with E-state index >= 15 is 0 Å². The molecule has 0 unspecified atom stereocenters. The van der Waals surface area contributed by atoms with Crippen molar-refractivity contribution in [2.24, 2.45) is 0 Å². The highest BCUT2D eigenvalue weighted by molar-refractivity contribution is 9.11. The Hall–Kier alpha value is -2.01. The number of nitrogens with one attached hydrogen (secondary N) is 1. The van der Waals surface area contributed by atoms with E-state index in [1.54, 1.807) is 54.6 Å². The topological polar surface area (TPSA) is 62.1 Å². The first-order chi connectivity index (χ1) is 15.3. The van der Waals surface area contributed by atoms with Gasteiger partial charge >= 0.3 is 0 Å². The van der Waals surface area contributed by atoms with E-state index < -0.39 is 5.91 Å². The van der Waals surface area contributed by atoms with E-state index in [1.165, 1.54) is 6.08 Å². The van der Waals surface area contributed by atoms with Crippen LogP contribution in [-0.2, 0) is 11.4 Å². The monoisotopic (exact) mass is 612 g/mol. The first kappa shape index (κ1) is 24.6. The van der Waals surface area contributed by atoms with Gasteiger partial charge in [0.05, 0.1) is 8.95 Å². The van der Waals surface area contributed by atoms with E-state index in [0.29, 0.717) is 41.0 Å². The molecule has 0 heterocycles. The lowest BCUT2D eigenvalue weighted by molar-refractivity contribution is -0.112. The van der Waals surface area contributed by atoms with Crippen molar-refractivity contribution in [3.05, 3.63) is 95.3 Å². The molecule has 0 bridgehead atoms. The van der Waals surface area contributed by atoms with Gasteiger partial charge in [-0.3, -0.25) is 4.79 Å². The minimum atomic E-state index is -0.528. The Morgan fingerprint density at radius 2 is 1.62 bits per heavy atom. The molecule has 162 valence electrons. The predicted octanol–water partition coefficient (Wildman–Crippen LogP) is 8.30. The number of anilines is 1. The van der Waals surface area contributed by atoms with E-state index in [0.717, 1.165) is 5.56 Å². The number of carbonyl (C=O) groups is 1. The third kappa shape index (κ3) is 6.50. The number of nitrogens with zero attached hydrogens (tertiary/aromatic N) is 1. The first-order valence-corrected chi connectivity index (χ1v) is 11.7. The number of hydrogen-bond acceptors (Lipinski definition) is 3. The third-order valence-electron chi connectivity index (χ3n) is 4.19. The van der Waals surface area contributed by atoms with Gasteiger partial charge in [0.2, 0.25) is 0 Å². The number of benzene rings is 3. The van der Waals surface area contributed by atoms with E-state index in [1.807, 2.05) is 6.07 Å². The fourth-order valence-corrected chi connectivity index (χ4v) is 4.68. The van der Waals surface area contributed by atoms with Gasteiger partial charge in [-0.15, -0.1) is 0 Å². The Morgan fingerprint density at radius 3 is 2.22 bits per heavy atom. The second-order valence-corrected chi connectivity index (χ2v) is 9.46.